The molecule has 4 N–H and O–H groups in total. The molecule has 3 aromatic carbocycles. The van der Waals surface area contributed by atoms with Crippen LogP contribution in [0.4, 0.5) is 4.79 Å². The number of aromatic nitrogens is 3. The van der Waals surface area contributed by atoms with Crippen LogP contribution in [0.1, 0.15) is 48.5 Å². The predicted octanol–water partition coefficient (Wildman–Crippen LogP) is 4.91. The summed E-state index contributed by atoms with van der Waals surface area (Å²) in [5, 5.41) is 22.3. The van der Waals surface area contributed by atoms with E-state index in [1.165, 1.54) is 6.33 Å². The molecule has 1 fully saturated rings. The summed E-state index contributed by atoms with van der Waals surface area (Å²) in [4.78, 5) is 27.8. The van der Waals surface area contributed by atoms with E-state index >= 15 is 0 Å². The molecule has 1 saturated heterocycles. The second kappa shape index (κ2) is 15.7. The first kappa shape index (κ1) is 32.2. The first-order valence-corrected chi connectivity index (χ1v) is 15.8. The summed E-state index contributed by atoms with van der Waals surface area (Å²) in [5.74, 6) is 0.241. The van der Waals surface area contributed by atoms with Gasteiger partial charge < -0.3 is 30.0 Å². The number of hydrogen-bond acceptors (Lipinski definition) is 9. The molecule has 0 unspecified atom stereocenters. The Kier molecular flexibility index (Phi) is 11.2. The summed E-state index contributed by atoms with van der Waals surface area (Å²) in [6, 6.07) is 23.4. The number of carbonyl (C=O) groups excluding carboxylic acids is 2. The third kappa shape index (κ3) is 8.70. The van der Waals surface area contributed by atoms with Gasteiger partial charge in [-0.3, -0.25) is 9.89 Å². The van der Waals surface area contributed by atoms with Crippen molar-refractivity contribution in [3.05, 3.63) is 101 Å². The van der Waals surface area contributed by atoms with Crippen molar-refractivity contribution < 1.29 is 28.9 Å². The molecule has 5 rings (SSSR count). The van der Waals surface area contributed by atoms with E-state index in [4.69, 9.17) is 14.2 Å². The van der Waals surface area contributed by atoms with Gasteiger partial charge in [-0.2, -0.15) is 5.10 Å². The highest BCUT2D eigenvalue weighted by molar-refractivity contribution is 7.99. The van der Waals surface area contributed by atoms with Crippen LogP contribution in [-0.2, 0) is 32.2 Å². The summed E-state index contributed by atoms with van der Waals surface area (Å²) in [7, 11) is 0. The molecule has 0 aliphatic carbocycles. The molecule has 0 saturated carbocycles. The quantitative estimate of drug-likeness (QED) is 0.126. The van der Waals surface area contributed by atoms with E-state index < -0.39 is 18.3 Å². The summed E-state index contributed by atoms with van der Waals surface area (Å²) in [6.45, 7) is 4.21. The number of carbonyl (C=O) groups is 2. The average Bonchev–Trinajstić information content (AvgIpc) is 3.60. The molecule has 45 heavy (non-hydrogen) atoms. The van der Waals surface area contributed by atoms with Gasteiger partial charge in [0, 0.05) is 23.8 Å². The highest BCUT2D eigenvalue weighted by Gasteiger charge is 2.38. The largest absolute Gasteiger partial charge is 0.465 e. The lowest BCUT2D eigenvalue weighted by Crippen LogP contribution is -2.38. The molecule has 4 atom stereocenters. The second-order valence-corrected chi connectivity index (χ2v) is 11.6. The third-order valence-corrected chi connectivity index (χ3v) is 8.46. The molecule has 4 aromatic rings. The SMILES string of the molecule is CCOC(=O)CNC(=O)NCc1cccc(-c2ccc([C@@H]3O[C@H](CSc4ncn[nH]4)[C@H](C)[C@H](c4ccc(CO)cc4)O3)cc2)c1. The molecular weight excluding hydrogens is 594 g/mol. The second-order valence-electron chi connectivity index (χ2n) is 10.6. The van der Waals surface area contributed by atoms with Crippen molar-refractivity contribution in [2.24, 2.45) is 5.92 Å². The Morgan fingerprint density at radius 1 is 0.978 bits per heavy atom. The number of thioether (sulfide) groups is 1. The smallest absolute Gasteiger partial charge is 0.325 e. The van der Waals surface area contributed by atoms with Crippen LogP contribution in [0, 0.1) is 5.92 Å². The fraction of sp³-hybridized carbons (Fsp3) is 0.333. The molecule has 1 aliphatic rings. The Labute approximate surface area is 266 Å². The molecule has 2 heterocycles. The van der Waals surface area contributed by atoms with Crippen LogP contribution in [0.2, 0.25) is 0 Å². The molecule has 2 amide bonds. The van der Waals surface area contributed by atoms with E-state index in [2.05, 4.69) is 32.7 Å². The van der Waals surface area contributed by atoms with Crippen molar-refractivity contribution in [3.8, 4) is 11.1 Å². The van der Waals surface area contributed by atoms with Crippen LogP contribution in [-0.4, -0.2) is 57.3 Å². The standard InChI is InChI=1S/C33H37N5O6S/c1-3-42-29(40)17-35-32(41)34-16-23-5-4-6-27(15-23)24-11-13-26(14-12-24)31-43-28(19-45-33-36-20-37-38-33)21(2)30(44-31)25-9-7-22(18-39)8-10-25/h4-15,20-21,28,30-31,39H,3,16-19H2,1-2H3,(H2,34,35,41)(H,36,37,38)/t21-,28+,30+,31+/m0/s1. The topological polar surface area (TPSA) is 148 Å². The van der Waals surface area contributed by atoms with Gasteiger partial charge in [0.25, 0.3) is 0 Å². The van der Waals surface area contributed by atoms with Crippen molar-refractivity contribution in [2.45, 2.75) is 50.7 Å². The molecule has 236 valence electrons. The minimum absolute atomic E-state index is 0.0121. The van der Waals surface area contributed by atoms with Crippen molar-refractivity contribution >= 4 is 23.8 Å². The van der Waals surface area contributed by atoms with Crippen LogP contribution >= 0.6 is 11.8 Å². The van der Waals surface area contributed by atoms with Gasteiger partial charge in [0.05, 0.1) is 25.4 Å². The Bertz CT molecular complexity index is 1530. The minimum Gasteiger partial charge on any atom is -0.465 e. The molecular formula is C33H37N5O6S. The zero-order valence-corrected chi connectivity index (χ0v) is 26.0. The van der Waals surface area contributed by atoms with E-state index in [1.807, 2.05) is 72.8 Å². The number of urea groups is 1. The molecule has 0 spiro atoms. The van der Waals surface area contributed by atoms with Crippen molar-refractivity contribution in [1.29, 1.82) is 0 Å². The van der Waals surface area contributed by atoms with E-state index in [9.17, 15) is 14.7 Å². The van der Waals surface area contributed by atoms with Crippen LogP contribution in [0.15, 0.2) is 84.3 Å². The summed E-state index contributed by atoms with van der Waals surface area (Å²) >= 11 is 1.56. The van der Waals surface area contributed by atoms with Gasteiger partial charge in [-0.25, -0.2) is 9.78 Å². The number of hydrogen-bond donors (Lipinski definition) is 4. The molecule has 11 nitrogen and oxygen atoms in total. The van der Waals surface area contributed by atoms with Crippen LogP contribution in [0.25, 0.3) is 11.1 Å². The number of aliphatic hydroxyl groups excluding tert-OH is 1. The fourth-order valence-corrected chi connectivity index (χ4v) is 5.98. The molecule has 0 bridgehead atoms. The number of nitrogens with zero attached hydrogens (tertiary/aromatic N) is 2. The first-order chi connectivity index (χ1) is 21.9. The maximum atomic E-state index is 12.1. The van der Waals surface area contributed by atoms with Gasteiger partial charge in [-0.05, 0) is 40.8 Å². The Hall–Kier alpha value is -4.23. The van der Waals surface area contributed by atoms with Gasteiger partial charge in [0.2, 0.25) is 0 Å². The predicted molar refractivity (Wildman–Crippen MR) is 169 cm³/mol. The number of H-pyrrole nitrogens is 1. The lowest BCUT2D eigenvalue weighted by atomic mass is 9.91. The zero-order chi connectivity index (χ0) is 31.6. The summed E-state index contributed by atoms with van der Waals surface area (Å²) in [6.07, 6.45) is 0.570. The van der Waals surface area contributed by atoms with E-state index in [1.54, 1.807) is 18.7 Å². The van der Waals surface area contributed by atoms with Gasteiger partial charge in [0.1, 0.15) is 12.9 Å². The number of ether oxygens (including phenoxy) is 3. The highest BCUT2D eigenvalue weighted by Crippen LogP contribution is 2.43. The van der Waals surface area contributed by atoms with Gasteiger partial charge >= 0.3 is 12.0 Å². The number of amides is 2. The Morgan fingerprint density at radius 3 is 2.47 bits per heavy atom. The number of aromatic amines is 1. The number of benzene rings is 3. The molecule has 12 heteroatoms. The Balaban J connectivity index is 1.27. The van der Waals surface area contributed by atoms with Gasteiger partial charge in [0.15, 0.2) is 11.4 Å². The zero-order valence-electron chi connectivity index (χ0n) is 25.1. The van der Waals surface area contributed by atoms with Crippen LogP contribution in [0.5, 0.6) is 0 Å². The van der Waals surface area contributed by atoms with Gasteiger partial charge in [-0.15, -0.1) is 0 Å². The monoisotopic (exact) mass is 631 g/mol. The first-order valence-electron chi connectivity index (χ1n) is 14.8. The Morgan fingerprint density at radius 2 is 1.76 bits per heavy atom. The van der Waals surface area contributed by atoms with E-state index in [0.29, 0.717) is 12.3 Å². The van der Waals surface area contributed by atoms with Crippen molar-refractivity contribution in [3.63, 3.8) is 0 Å². The molecule has 1 aromatic heterocycles. The maximum Gasteiger partial charge on any atom is 0.325 e. The van der Waals surface area contributed by atoms with Crippen LogP contribution in [0.3, 0.4) is 0 Å². The maximum absolute atomic E-state index is 12.1. The van der Waals surface area contributed by atoms with E-state index in [-0.39, 0.29) is 37.9 Å². The molecule has 0 radical (unpaired) electrons. The highest BCUT2D eigenvalue weighted by atomic mass is 32.2. The van der Waals surface area contributed by atoms with Crippen molar-refractivity contribution in [2.75, 3.05) is 18.9 Å². The third-order valence-electron chi connectivity index (χ3n) is 7.50. The summed E-state index contributed by atoms with van der Waals surface area (Å²) in [5.41, 5.74) is 5.69. The fourth-order valence-electron chi connectivity index (χ4n) is 5.04. The van der Waals surface area contributed by atoms with Crippen LogP contribution < -0.4 is 10.6 Å². The summed E-state index contributed by atoms with van der Waals surface area (Å²) < 4.78 is 17.9. The lowest BCUT2D eigenvalue weighted by Gasteiger charge is -2.41. The van der Waals surface area contributed by atoms with Crippen molar-refractivity contribution in [1.82, 2.24) is 25.8 Å². The number of nitrogens with one attached hydrogen (secondary N) is 3. The number of aliphatic hydroxyl groups is 1. The lowest BCUT2D eigenvalue weighted by molar-refractivity contribution is -0.268. The molecule has 1 aliphatic heterocycles. The average molecular weight is 632 g/mol. The minimum atomic E-state index is -0.582. The normalized spacial score (nSPS) is 19.5. The number of esters is 1. The van der Waals surface area contributed by atoms with Gasteiger partial charge in [-0.1, -0.05) is 85.4 Å². The van der Waals surface area contributed by atoms with E-state index in [0.717, 1.165) is 38.5 Å². The number of rotatable bonds is 12.